The van der Waals surface area contributed by atoms with Crippen LogP contribution in [0.25, 0.3) is 0 Å². The van der Waals surface area contributed by atoms with Crippen LogP contribution in [0.1, 0.15) is 6.92 Å². The van der Waals surface area contributed by atoms with Crippen LogP contribution in [0.2, 0.25) is 0 Å². The van der Waals surface area contributed by atoms with Gasteiger partial charge in [0.05, 0.1) is 5.60 Å². The monoisotopic (exact) mass is 301 g/mol. The molecule has 108 valence electrons. The molecule has 1 unspecified atom stereocenters. The van der Waals surface area contributed by atoms with Crippen molar-refractivity contribution < 1.29 is 27.1 Å². The zero-order chi connectivity index (χ0) is 14.8. The largest absolute Gasteiger partial charge is 0.387 e. The molecule has 1 rings (SSSR count). The third-order valence-corrected chi connectivity index (χ3v) is 3.22. The van der Waals surface area contributed by atoms with Gasteiger partial charge in [0, 0.05) is 12.3 Å². The van der Waals surface area contributed by atoms with Crippen molar-refractivity contribution in [1.82, 2.24) is 0 Å². The Balaban J connectivity index is 3.03. The summed E-state index contributed by atoms with van der Waals surface area (Å²) >= 11 is 1.28. The standard InChI is InChI=1S/C11H12F5NOS/c1-11(18,4-19-2)3-17-10-8(15)6(13)5(12)7(14)9(10)16/h17-18H,3-4H2,1-2H3. The summed E-state index contributed by atoms with van der Waals surface area (Å²) in [6.45, 7) is 1.02. The van der Waals surface area contributed by atoms with Gasteiger partial charge in [-0.3, -0.25) is 0 Å². The van der Waals surface area contributed by atoms with Gasteiger partial charge in [-0.2, -0.15) is 11.8 Å². The molecular weight excluding hydrogens is 289 g/mol. The molecule has 0 amide bonds. The molecular formula is C11H12F5NOS. The zero-order valence-corrected chi connectivity index (χ0v) is 11.0. The van der Waals surface area contributed by atoms with E-state index in [-0.39, 0.29) is 12.3 Å². The van der Waals surface area contributed by atoms with Crippen LogP contribution in [0.3, 0.4) is 0 Å². The molecule has 8 heteroatoms. The summed E-state index contributed by atoms with van der Waals surface area (Å²) < 4.78 is 65.2. The predicted molar refractivity (Wildman–Crippen MR) is 63.7 cm³/mol. The van der Waals surface area contributed by atoms with Crippen molar-refractivity contribution in [2.75, 3.05) is 23.9 Å². The summed E-state index contributed by atoms with van der Waals surface area (Å²) in [5.41, 5.74) is -2.49. The van der Waals surface area contributed by atoms with Crippen LogP contribution in [0.15, 0.2) is 0 Å². The van der Waals surface area contributed by atoms with Crippen LogP contribution in [-0.2, 0) is 0 Å². The van der Waals surface area contributed by atoms with Crippen molar-refractivity contribution in [2.24, 2.45) is 0 Å². The van der Waals surface area contributed by atoms with Crippen LogP contribution >= 0.6 is 11.8 Å². The molecule has 0 spiro atoms. The number of hydrogen-bond acceptors (Lipinski definition) is 3. The van der Waals surface area contributed by atoms with E-state index in [2.05, 4.69) is 5.32 Å². The van der Waals surface area contributed by atoms with Crippen molar-refractivity contribution in [3.8, 4) is 0 Å². The van der Waals surface area contributed by atoms with Gasteiger partial charge < -0.3 is 10.4 Å². The highest BCUT2D eigenvalue weighted by Crippen LogP contribution is 2.27. The quantitative estimate of drug-likeness (QED) is 0.498. The van der Waals surface area contributed by atoms with Gasteiger partial charge in [0.15, 0.2) is 23.3 Å². The van der Waals surface area contributed by atoms with Gasteiger partial charge in [0.2, 0.25) is 5.82 Å². The van der Waals surface area contributed by atoms with Crippen LogP contribution in [0, 0.1) is 29.1 Å². The fraction of sp³-hybridized carbons (Fsp3) is 0.455. The maximum atomic E-state index is 13.3. The van der Waals surface area contributed by atoms with Crippen LogP contribution in [-0.4, -0.2) is 29.3 Å². The molecule has 2 N–H and O–H groups in total. The molecule has 1 aromatic carbocycles. The third-order valence-electron chi connectivity index (χ3n) is 2.31. The molecule has 0 saturated heterocycles. The minimum Gasteiger partial charge on any atom is -0.387 e. The fourth-order valence-electron chi connectivity index (χ4n) is 1.40. The Labute approximate surface area is 111 Å². The molecule has 0 fully saturated rings. The molecule has 0 bridgehead atoms. The molecule has 0 radical (unpaired) electrons. The lowest BCUT2D eigenvalue weighted by Crippen LogP contribution is -2.36. The number of thioether (sulfide) groups is 1. The number of benzene rings is 1. The maximum absolute atomic E-state index is 13.3. The van der Waals surface area contributed by atoms with Crippen molar-refractivity contribution in [3.05, 3.63) is 29.1 Å². The van der Waals surface area contributed by atoms with E-state index in [4.69, 9.17) is 0 Å². The Hall–Kier alpha value is -1.02. The van der Waals surface area contributed by atoms with E-state index in [1.54, 1.807) is 6.26 Å². The Morgan fingerprint density at radius 1 is 1.00 bits per heavy atom. The third kappa shape index (κ3) is 3.50. The van der Waals surface area contributed by atoms with E-state index in [1.807, 2.05) is 0 Å². The molecule has 1 atom stereocenters. The van der Waals surface area contributed by atoms with E-state index in [1.165, 1.54) is 18.7 Å². The van der Waals surface area contributed by atoms with Crippen molar-refractivity contribution in [1.29, 1.82) is 0 Å². The first-order valence-electron chi connectivity index (χ1n) is 5.18. The highest BCUT2D eigenvalue weighted by Gasteiger charge is 2.27. The Kier molecular flexibility index (Phi) is 5.03. The van der Waals surface area contributed by atoms with Crippen molar-refractivity contribution >= 4 is 17.4 Å². The molecule has 0 aromatic heterocycles. The van der Waals surface area contributed by atoms with Crippen molar-refractivity contribution in [3.63, 3.8) is 0 Å². The summed E-state index contributed by atoms with van der Waals surface area (Å²) in [6.07, 6.45) is 1.70. The Morgan fingerprint density at radius 3 is 1.84 bits per heavy atom. The Morgan fingerprint density at radius 2 is 1.42 bits per heavy atom. The van der Waals surface area contributed by atoms with Gasteiger partial charge in [-0.05, 0) is 13.2 Å². The summed E-state index contributed by atoms with van der Waals surface area (Å²) in [5.74, 6) is -9.92. The minimum absolute atomic E-state index is 0.232. The normalized spacial score (nSPS) is 14.3. The molecule has 0 saturated carbocycles. The summed E-state index contributed by atoms with van der Waals surface area (Å²) in [6, 6.07) is 0. The van der Waals surface area contributed by atoms with E-state index in [0.29, 0.717) is 0 Å². The summed E-state index contributed by atoms with van der Waals surface area (Å²) in [4.78, 5) is 0. The zero-order valence-electron chi connectivity index (χ0n) is 10.2. The molecule has 19 heavy (non-hydrogen) atoms. The number of anilines is 1. The second kappa shape index (κ2) is 5.96. The molecule has 0 aliphatic rings. The van der Waals surface area contributed by atoms with Gasteiger partial charge in [0.1, 0.15) is 5.69 Å². The fourth-order valence-corrected chi connectivity index (χ4v) is 2.12. The summed E-state index contributed by atoms with van der Waals surface area (Å²) in [7, 11) is 0. The second-order valence-corrected chi connectivity index (χ2v) is 5.09. The highest BCUT2D eigenvalue weighted by molar-refractivity contribution is 7.98. The van der Waals surface area contributed by atoms with Gasteiger partial charge in [-0.25, -0.2) is 22.0 Å². The van der Waals surface area contributed by atoms with E-state index >= 15 is 0 Å². The van der Waals surface area contributed by atoms with Crippen molar-refractivity contribution in [2.45, 2.75) is 12.5 Å². The molecule has 1 aromatic rings. The smallest absolute Gasteiger partial charge is 0.200 e. The molecule has 0 heterocycles. The summed E-state index contributed by atoms with van der Waals surface area (Å²) in [5, 5.41) is 11.8. The first-order chi connectivity index (χ1) is 8.71. The highest BCUT2D eigenvalue weighted by atomic mass is 32.2. The van der Waals surface area contributed by atoms with Gasteiger partial charge in [0.25, 0.3) is 0 Å². The lowest BCUT2D eigenvalue weighted by Gasteiger charge is -2.23. The van der Waals surface area contributed by atoms with Crippen LogP contribution in [0.5, 0.6) is 0 Å². The van der Waals surface area contributed by atoms with Gasteiger partial charge in [-0.15, -0.1) is 0 Å². The topological polar surface area (TPSA) is 32.3 Å². The van der Waals surface area contributed by atoms with E-state index in [9.17, 15) is 27.1 Å². The van der Waals surface area contributed by atoms with Gasteiger partial charge >= 0.3 is 0 Å². The lowest BCUT2D eigenvalue weighted by molar-refractivity contribution is 0.0995. The van der Waals surface area contributed by atoms with Crippen LogP contribution < -0.4 is 5.32 Å². The number of hydrogen-bond donors (Lipinski definition) is 2. The number of halogens is 5. The van der Waals surface area contributed by atoms with Gasteiger partial charge in [-0.1, -0.05) is 0 Å². The van der Waals surface area contributed by atoms with E-state index in [0.717, 1.165) is 0 Å². The maximum Gasteiger partial charge on any atom is 0.200 e. The van der Waals surface area contributed by atoms with Crippen LogP contribution in [0.4, 0.5) is 27.6 Å². The molecule has 0 aliphatic heterocycles. The predicted octanol–water partition coefficient (Wildman–Crippen LogP) is 2.91. The lowest BCUT2D eigenvalue weighted by atomic mass is 10.1. The average Bonchev–Trinajstić information content (AvgIpc) is 2.34. The molecule has 0 aliphatic carbocycles. The SMILES string of the molecule is CSCC(C)(O)CNc1c(F)c(F)c(F)c(F)c1F. The molecule has 2 nitrogen and oxygen atoms in total. The first-order valence-corrected chi connectivity index (χ1v) is 6.57. The number of aliphatic hydroxyl groups is 1. The minimum atomic E-state index is -2.21. The average molecular weight is 301 g/mol. The van der Waals surface area contributed by atoms with E-state index < -0.39 is 40.4 Å². The Bertz CT molecular complexity index is 452. The second-order valence-electron chi connectivity index (χ2n) is 4.23. The number of rotatable bonds is 5. The number of nitrogens with one attached hydrogen (secondary N) is 1. The first kappa shape index (κ1) is 16.0.